The number of nitrogens with two attached hydrogens (primary N) is 1. The molecule has 0 aliphatic carbocycles. The SMILES string of the molecule is N#Cc1ccc(S(=O)(=O)N2C[C@H](Sc3ccc(Cl)cn3)[C@](O)(CN)C2)c(Cl)c1. The number of hydrogen-bond acceptors (Lipinski definition) is 7. The molecule has 0 unspecified atom stereocenters. The number of aliphatic hydroxyl groups is 1. The fraction of sp³-hybridized carbons (Fsp3) is 0.294. The van der Waals surface area contributed by atoms with E-state index in [9.17, 15) is 13.5 Å². The number of benzene rings is 1. The number of aromatic nitrogens is 1. The molecule has 0 radical (unpaired) electrons. The number of nitrogens with zero attached hydrogens (tertiary/aromatic N) is 3. The molecule has 1 aliphatic rings. The third-order valence-corrected chi connectivity index (χ3v) is 8.29. The van der Waals surface area contributed by atoms with E-state index in [-0.39, 0.29) is 35.1 Å². The van der Waals surface area contributed by atoms with Crippen LogP contribution in [0.15, 0.2) is 46.5 Å². The van der Waals surface area contributed by atoms with E-state index in [1.165, 1.54) is 36.2 Å². The van der Waals surface area contributed by atoms with E-state index in [0.29, 0.717) is 10.0 Å². The minimum absolute atomic E-state index is 0.0291. The smallest absolute Gasteiger partial charge is 0.244 e. The zero-order valence-electron chi connectivity index (χ0n) is 14.4. The summed E-state index contributed by atoms with van der Waals surface area (Å²) in [5.41, 5.74) is 4.58. The van der Waals surface area contributed by atoms with Crippen LogP contribution in [0.5, 0.6) is 0 Å². The second kappa shape index (κ2) is 8.16. The molecule has 1 aromatic carbocycles. The molecule has 1 saturated heterocycles. The Bertz CT molecular complexity index is 1030. The van der Waals surface area contributed by atoms with E-state index in [1.807, 2.05) is 6.07 Å². The van der Waals surface area contributed by atoms with Crippen LogP contribution in [0.3, 0.4) is 0 Å². The monoisotopic (exact) mass is 458 g/mol. The van der Waals surface area contributed by atoms with Crippen molar-refractivity contribution in [1.82, 2.24) is 9.29 Å². The Morgan fingerprint density at radius 1 is 1.39 bits per heavy atom. The van der Waals surface area contributed by atoms with Gasteiger partial charge >= 0.3 is 0 Å². The van der Waals surface area contributed by atoms with Gasteiger partial charge in [0, 0.05) is 25.8 Å². The molecule has 2 heterocycles. The summed E-state index contributed by atoms with van der Waals surface area (Å²) < 4.78 is 27.3. The first kappa shape index (κ1) is 21.3. The lowest BCUT2D eigenvalue weighted by Gasteiger charge is -2.26. The van der Waals surface area contributed by atoms with Crippen molar-refractivity contribution in [1.29, 1.82) is 5.26 Å². The maximum absolute atomic E-state index is 13.1. The van der Waals surface area contributed by atoms with Gasteiger partial charge in [-0.15, -0.1) is 0 Å². The fourth-order valence-corrected chi connectivity index (χ4v) is 6.29. The van der Waals surface area contributed by atoms with Crippen molar-refractivity contribution >= 4 is 45.0 Å². The number of thioether (sulfide) groups is 1. The van der Waals surface area contributed by atoms with Gasteiger partial charge in [0.15, 0.2) is 0 Å². The van der Waals surface area contributed by atoms with Crippen LogP contribution in [0.4, 0.5) is 0 Å². The number of β-amino-alcohol motifs (C(OH)–C–C–N with tert-alkyl or cyclic N) is 1. The van der Waals surface area contributed by atoms with E-state index in [2.05, 4.69) is 4.98 Å². The van der Waals surface area contributed by atoms with E-state index in [1.54, 1.807) is 12.1 Å². The summed E-state index contributed by atoms with van der Waals surface area (Å²) in [6.45, 7) is -0.264. The maximum Gasteiger partial charge on any atom is 0.244 e. The van der Waals surface area contributed by atoms with Gasteiger partial charge in [-0.05, 0) is 30.3 Å². The predicted molar refractivity (Wildman–Crippen MR) is 108 cm³/mol. The van der Waals surface area contributed by atoms with Crippen molar-refractivity contribution in [3.05, 3.63) is 52.1 Å². The summed E-state index contributed by atoms with van der Waals surface area (Å²) in [6.07, 6.45) is 1.48. The summed E-state index contributed by atoms with van der Waals surface area (Å²) in [5, 5.41) is 20.3. The number of halogens is 2. The van der Waals surface area contributed by atoms with Gasteiger partial charge in [-0.1, -0.05) is 35.0 Å². The third kappa shape index (κ3) is 4.14. The lowest BCUT2D eigenvalue weighted by Crippen LogP contribution is -2.47. The molecule has 7 nitrogen and oxygen atoms in total. The van der Waals surface area contributed by atoms with Crippen molar-refractivity contribution in [3.8, 4) is 6.07 Å². The van der Waals surface area contributed by atoms with Gasteiger partial charge in [-0.2, -0.15) is 9.57 Å². The molecule has 11 heteroatoms. The summed E-state index contributed by atoms with van der Waals surface area (Å²) in [4.78, 5) is 4.06. The van der Waals surface area contributed by atoms with E-state index < -0.39 is 20.9 Å². The molecule has 148 valence electrons. The lowest BCUT2D eigenvalue weighted by molar-refractivity contribution is 0.0697. The Morgan fingerprint density at radius 3 is 2.71 bits per heavy atom. The van der Waals surface area contributed by atoms with Gasteiger partial charge < -0.3 is 10.8 Å². The fourth-order valence-electron chi connectivity index (χ4n) is 2.85. The van der Waals surface area contributed by atoms with Crippen molar-refractivity contribution in [2.75, 3.05) is 19.6 Å². The molecule has 2 aromatic rings. The molecular formula is C17H16Cl2N4O3S2. The molecular weight excluding hydrogens is 443 g/mol. The van der Waals surface area contributed by atoms with Crippen LogP contribution < -0.4 is 5.73 Å². The van der Waals surface area contributed by atoms with Crippen LogP contribution in [0, 0.1) is 11.3 Å². The zero-order valence-corrected chi connectivity index (χ0v) is 17.6. The van der Waals surface area contributed by atoms with Crippen molar-refractivity contribution < 1.29 is 13.5 Å². The van der Waals surface area contributed by atoms with Gasteiger partial charge in [0.2, 0.25) is 10.0 Å². The van der Waals surface area contributed by atoms with Crippen molar-refractivity contribution in [3.63, 3.8) is 0 Å². The van der Waals surface area contributed by atoms with Crippen LogP contribution in [-0.2, 0) is 10.0 Å². The number of pyridine rings is 1. The Kier molecular flexibility index (Phi) is 6.22. The standard InChI is InChI=1S/C17H16Cl2N4O3S2/c18-12-2-4-16(22-7-12)27-15-8-23(10-17(15,24)9-21)28(25,26)14-3-1-11(6-20)5-13(14)19/h1-5,7,15,24H,8-10,21H2/t15-,17-/m0/s1. The molecule has 1 aliphatic heterocycles. The average molecular weight is 459 g/mol. The summed E-state index contributed by atoms with van der Waals surface area (Å²) in [5.74, 6) is 0. The minimum Gasteiger partial charge on any atom is -0.386 e. The van der Waals surface area contributed by atoms with E-state index >= 15 is 0 Å². The molecule has 1 aromatic heterocycles. The molecule has 3 rings (SSSR count). The van der Waals surface area contributed by atoms with Gasteiger partial charge in [0.25, 0.3) is 0 Å². The first-order valence-corrected chi connectivity index (χ1v) is 11.2. The Labute approximate surface area is 177 Å². The quantitative estimate of drug-likeness (QED) is 0.703. The number of nitriles is 1. The molecule has 28 heavy (non-hydrogen) atoms. The lowest BCUT2D eigenvalue weighted by atomic mass is 10.0. The molecule has 0 amide bonds. The van der Waals surface area contributed by atoms with Crippen LogP contribution in [0.25, 0.3) is 0 Å². The minimum atomic E-state index is -3.99. The largest absolute Gasteiger partial charge is 0.386 e. The highest BCUT2D eigenvalue weighted by Gasteiger charge is 2.49. The van der Waals surface area contributed by atoms with Crippen LogP contribution in [0.1, 0.15) is 5.56 Å². The molecule has 0 bridgehead atoms. The predicted octanol–water partition coefficient (Wildman–Crippen LogP) is 2.12. The number of sulfonamides is 1. The highest BCUT2D eigenvalue weighted by Crippen LogP contribution is 2.38. The molecule has 1 fully saturated rings. The van der Waals surface area contributed by atoms with Crippen LogP contribution in [0.2, 0.25) is 10.0 Å². The third-order valence-electron chi connectivity index (χ3n) is 4.41. The van der Waals surface area contributed by atoms with E-state index in [4.69, 9.17) is 34.2 Å². The van der Waals surface area contributed by atoms with Crippen molar-refractivity contribution in [2.45, 2.75) is 20.8 Å². The highest BCUT2D eigenvalue weighted by atomic mass is 35.5. The first-order chi connectivity index (χ1) is 13.2. The van der Waals surface area contributed by atoms with Gasteiger partial charge in [-0.3, -0.25) is 0 Å². The Morgan fingerprint density at radius 2 is 2.14 bits per heavy atom. The first-order valence-electron chi connectivity index (χ1n) is 8.10. The van der Waals surface area contributed by atoms with Crippen LogP contribution >= 0.6 is 35.0 Å². The van der Waals surface area contributed by atoms with E-state index in [0.717, 1.165) is 4.31 Å². The van der Waals surface area contributed by atoms with Crippen molar-refractivity contribution in [2.24, 2.45) is 5.73 Å². The molecule has 3 N–H and O–H groups in total. The number of rotatable bonds is 5. The Balaban J connectivity index is 1.89. The normalized spacial score (nSPS) is 22.9. The maximum atomic E-state index is 13.1. The number of hydrogen-bond donors (Lipinski definition) is 2. The average Bonchev–Trinajstić information content (AvgIpc) is 3.01. The molecule has 2 atom stereocenters. The second-order valence-corrected chi connectivity index (χ2v) is 10.3. The molecule has 0 saturated carbocycles. The van der Waals surface area contributed by atoms with Crippen LogP contribution in [-0.4, -0.2) is 53.3 Å². The summed E-state index contributed by atoms with van der Waals surface area (Å²) >= 11 is 13.2. The zero-order chi connectivity index (χ0) is 20.5. The second-order valence-electron chi connectivity index (χ2n) is 6.28. The van der Waals surface area contributed by atoms with Gasteiger partial charge in [0.1, 0.15) is 10.5 Å². The summed E-state index contributed by atoms with van der Waals surface area (Å²) in [6, 6.07) is 9.23. The topological polar surface area (TPSA) is 120 Å². The highest BCUT2D eigenvalue weighted by molar-refractivity contribution is 8.00. The summed E-state index contributed by atoms with van der Waals surface area (Å²) in [7, 11) is -3.99. The Hall–Kier alpha value is -1.38. The van der Waals surface area contributed by atoms with Gasteiger partial charge in [0.05, 0.1) is 32.0 Å². The molecule has 0 spiro atoms. The van der Waals surface area contributed by atoms with Gasteiger partial charge in [-0.25, -0.2) is 13.4 Å².